The minimum atomic E-state index is -0.269. The molecule has 1 aromatic carbocycles. The summed E-state index contributed by atoms with van der Waals surface area (Å²) < 4.78 is 12.3. The summed E-state index contributed by atoms with van der Waals surface area (Å²) in [6.45, 7) is 10.1. The first-order valence-electron chi connectivity index (χ1n) is 5.19. The molecule has 3 heteroatoms. The molecule has 1 aromatic rings. The Labute approximate surface area is 143 Å². The van der Waals surface area contributed by atoms with Gasteiger partial charge in [-0.05, 0) is 0 Å². The maximum Gasteiger partial charge on any atom is 1.00 e. The van der Waals surface area contributed by atoms with Crippen molar-refractivity contribution >= 4 is 0 Å². The zero-order valence-corrected chi connectivity index (χ0v) is 14.1. The van der Waals surface area contributed by atoms with Gasteiger partial charge in [-0.3, -0.25) is 7.05 Å². The van der Waals surface area contributed by atoms with Gasteiger partial charge in [0.2, 0.25) is 0 Å². The van der Waals surface area contributed by atoms with Gasteiger partial charge in [-0.15, -0.1) is 12.1 Å². The third kappa shape index (κ3) is 14.7. The summed E-state index contributed by atoms with van der Waals surface area (Å²) in [5.74, 6) is -0.269. The molecular weight excluding hydrogens is 228 g/mol. The van der Waals surface area contributed by atoms with Crippen molar-refractivity contribution in [3.63, 3.8) is 0 Å². The first-order valence-corrected chi connectivity index (χ1v) is 5.19. The molecule has 0 aliphatic carbocycles. The smallest absolute Gasteiger partial charge is 0.498 e. The molecule has 0 bridgehead atoms. The number of rotatable bonds is 2. The number of hydrogen-bond donors (Lipinski definition) is 1. The van der Waals surface area contributed by atoms with Crippen LogP contribution in [0, 0.1) is 25.9 Å². The van der Waals surface area contributed by atoms with Crippen LogP contribution in [0.3, 0.4) is 0 Å². The minimum absolute atomic E-state index is 0. The Morgan fingerprint density at radius 1 is 1.44 bits per heavy atom. The first-order chi connectivity index (χ1) is 7.24. The van der Waals surface area contributed by atoms with Crippen molar-refractivity contribution < 1.29 is 55.8 Å². The van der Waals surface area contributed by atoms with E-state index < -0.39 is 0 Å². The van der Waals surface area contributed by atoms with Crippen LogP contribution in [0.25, 0.3) is 0 Å². The Bertz CT molecular complexity index is 227. The molecule has 88 valence electrons. The van der Waals surface area contributed by atoms with Crippen LogP contribution < -0.4 is 56.7 Å². The third-order valence-electron chi connectivity index (χ3n) is 1.42. The van der Waals surface area contributed by atoms with Crippen LogP contribution in [-0.2, 0) is 6.42 Å². The second kappa shape index (κ2) is 18.1. The largest absolute Gasteiger partial charge is 1.00 e. The molecule has 0 amide bonds. The van der Waals surface area contributed by atoms with Gasteiger partial charge in [-0.25, -0.2) is 4.39 Å². The van der Waals surface area contributed by atoms with E-state index in [-0.39, 0.29) is 57.2 Å². The van der Waals surface area contributed by atoms with E-state index in [1.54, 1.807) is 6.07 Å². The Hall–Kier alpha value is 0.746. The molecule has 0 atom stereocenters. The van der Waals surface area contributed by atoms with Crippen LogP contribution in [-0.4, -0.2) is 6.54 Å². The van der Waals surface area contributed by atoms with E-state index in [0.29, 0.717) is 6.54 Å². The fourth-order valence-electron chi connectivity index (χ4n) is 0.701. The van der Waals surface area contributed by atoms with Crippen molar-refractivity contribution in [1.29, 1.82) is 0 Å². The molecule has 0 aliphatic heterocycles. The second-order valence-corrected chi connectivity index (χ2v) is 2.40. The monoisotopic (exact) mass is 249 g/mol. The zero-order chi connectivity index (χ0) is 12.1. The zero-order valence-electron chi connectivity index (χ0n) is 10.9. The van der Waals surface area contributed by atoms with Crippen molar-refractivity contribution in [2.45, 2.75) is 27.2 Å². The van der Waals surface area contributed by atoms with Crippen molar-refractivity contribution in [3.05, 3.63) is 49.6 Å². The SMILES string of the molecule is CC.CCc1cc[c-]c(F)c1.[CH2-]CN[CH2-].[K+]. The molecule has 0 saturated heterocycles. The van der Waals surface area contributed by atoms with Crippen LogP contribution in [0.4, 0.5) is 4.39 Å². The Morgan fingerprint density at radius 2 is 1.94 bits per heavy atom. The van der Waals surface area contributed by atoms with Gasteiger partial charge in [0.25, 0.3) is 0 Å². The van der Waals surface area contributed by atoms with Crippen LogP contribution in [0.15, 0.2) is 18.2 Å². The first kappa shape index (κ1) is 22.0. The molecule has 1 rings (SSSR count). The predicted molar refractivity (Wildman–Crippen MR) is 64.7 cm³/mol. The summed E-state index contributed by atoms with van der Waals surface area (Å²) in [7, 11) is 3.29. The third-order valence-corrected chi connectivity index (χ3v) is 1.42. The molecule has 0 radical (unpaired) electrons. The summed E-state index contributed by atoms with van der Waals surface area (Å²) in [5, 5.41) is 2.57. The molecule has 0 saturated carbocycles. The summed E-state index contributed by atoms with van der Waals surface area (Å²) in [5.41, 5.74) is 1.02. The fraction of sp³-hybridized carbons (Fsp3) is 0.385. The van der Waals surface area contributed by atoms with Gasteiger partial charge >= 0.3 is 51.4 Å². The Balaban J connectivity index is -0.000000209. The predicted octanol–water partition coefficient (Wildman–Crippen LogP) is 0.420. The number of hydrogen-bond acceptors (Lipinski definition) is 1. The minimum Gasteiger partial charge on any atom is -0.498 e. The quantitative estimate of drug-likeness (QED) is 0.592. The molecule has 0 unspecified atom stereocenters. The van der Waals surface area contributed by atoms with E-state index in [9.17, 15) is 4.39 Å². The van der Waals surface area contributed by atoms with E-state index in [1.807, 2.05) is 26.8 Å². The molecule has 0 aliphatic rings. The maximum atomic E-state index is 12.3. The average Bonchev–Trinajstić information content (AvgIpc) is 2.32. The number of halogens is 1. The summed E-state index contributed by atoms with van der Waals surface area (Å²) in [6.07, 6.45) is 0.881. The van der Waals surface area contributed by atoms with Gasteiger partial charge in [-0.2, -0.15) is 24.2 Å². The van der Waals surface area contributed by atoms with Gasteiger partial charge in [0.15, 0.2) is 0 Å². The van der Waals surface area contributed by atoms with E-state index in [0.717, 1.165) is 12.0 Å². The van der Waals surface area contributed by atoms with Gasteiger partial charge < -0.3 is 12.2 Å². The van der Waals surface area contributed by atoms with Gasteiger partial charge in [0, 0.05) is 5.82 Å². The van der Waals surface area contributed by atoms with Crippen molar-refractivity contribution in [2.75, 3.05) is 6.54 Å². The molecule has 0 heterocycles. The van der Waals surface area contributed by atoms with Crippen LogP contribution in [0.1, 0.15) is 26.3 Å². The van der Waals surface area contributed by atoms with Crippen molar-refractivity contribution in [3.8, 4) is 0 Å². The average molecular weight is 249 g/mol. The molecule has 0 spiro atoms. The van der Waals surface area contributed by atoms with E-state index in [1.165, 1.54) is 6.07 Å². The Morgan fingerprint density at radius 3 is 2.19 bits per heavy atom. The fourth-order valence-corrected chi connectivity index (χ4v) is 0.701. The van der Waals surface area contributed by atoms with Gasteiger partial charge in [0.1, 0.15) is 0 Å². The normalized spacial score (nSPS) is 7.62. The molecule has 1 nitrogen and oxygen atoms in total. The van der Waals surface area contributed by atoms with Gasteiger partial charge in [0.05, 0.1) is 0 Å². The molecular formula is C13H21FKN-2. The van der Waals surface area contributed by atoms with Crippen LogP contribution >= 0.6 is 0 Å². The van der Waals surface area contributed by atoms with Crippen molar-refractivity contribution in [1.82, 2.24) is 5.32 Å². The van der Waals surface area contributed by atoms with Crippen molar-refractivity contribution in [2.24, 2.45) is 0 Å². The standard InChI is InChI=1S/C8H8F.C3H7N.C2H6.K/c1-2-7-4-3-5-8(9)6-7;1-3-4-2;1-2;/h3-4,6H,2H2,1H3;4H,1-3H2;1-2H3;/q-1;-2;;+1. The van der Waals surface area contributed by atoms with Gasteiger partial charge in [-0.1, -0.05) is 27.2 Å². The summed E-state index contributed by atoms with van der Waals surface area (Å²) in [6, 6.07) is 7.41. The van der Waals surface area contributed by atoms with E-state index >= 15 is 0 Å². The second-order valence-electron chi connectivity index (χ2n) is 2.40. The van der Waals surface area contributed by atoms with E-state index in [4.69, 9.17) is 0 Å². The Kier molecular flexibility index (Phi) is 24.9. The number of aryl methyl sites for hydroxylation is 1. The molecule has 16 heavy (non-hydrogen) atoms. The topological polar surface area (TPSA) is 12.0 Å². The summed E-state index contributed by atoms with van der Waals surface area (Å²) >= 11 is 0. The van der Waals surface area contributed by atoms with Crippen LogP contribution in [0.2, 0.25) is 0 Å². The van der Waals surface area contributed by atoms with E-state index in [2.05, 4.69) is 25.4 Å². The molecule has 0 aromatic heterocycles. The molecule has 0 fully saturated rings. The maximum absolute atomic E-state index is 12.3. The summed E-state index contributed by atoms with van der Waals surface area (Å²) in [4.78, 5) is 0. The number of nitrogens with one attached hydrogen (secondary N) is 1. The van der Waals surface area contributed by atoms with Crippen LogP contribution in [0.5, 0.6) is 0 Å². The number of benzene rings is 1. The molecule has 1 N–H and O–H groups in total.